The zero-order valence-corrected chi connectivity index (χ0v) is 17.8. The van der Waals surface area contributed by atoms with Crippen LogP contribution in [-0.4, -0.2) is 58.1 Å². The molecular formula is C23H27F3O7. The zero-order chi connectivity index (χ0) is 24.2. The van der Waals surface area contributed by atoms with Crippen molar-refractivity contribution in [3.8, 4) is 5.75 Å². The number of aliphatic carboxylic acids is 1. The van der Waals surface area contributed by atoms with Crippen molar-refractivity contribution in [1.29, 1.82) is 0 Å². The lowest BCUT2D eigenvalue weighted by Gasteiger charge is -2.19. The lowest BCUT2D eigenvalue weighted by atomic mass is 9.88. The van der Waals surface area contributed by atoms with Crippen LogP contribution in [0.4, 0.5) is 13.2 Å². The Morgan fingerprint density at radius 2 is 1.94 bits per heavy atom. The molecule has 1 heterocycles. The van der Waals surface area contributed by atoms with E-state index in [9.17, 15) is 33.0 Å². The minimum Gasteiger partial charge on any atom is -0.485 e. The number of carboxylic acid groups (broad SMARTS) is 1. The van der Waals surface area contributed by atoms with Crippen molar-refractivity contribution in [2.24, 2.45) is 11.8 Å². The Bertz CT molecular complexity index is 870. The quantitative estimate of drug-likeness (QED) is 0.335. The van der Waals surface area contributed by atoms with Gasteiger partial charge < -0.3 is 24.8 Å². The second kappa shape index (κ2) is 10.7. The first kappa shape index (κ1) is 25.2. The molecule has 0 amide bonds. The fourth-order valence-electron chi connectivity index (χ4n) is 4.25. The summed E-state index contributed by atoms with van der Waals surface area (Å²) in [6, 6.07) is 4.23. The summed E-state index contributed by atoms with van der Waals surface area (Å²) in [4.78, 5) is 22.8. The van der Waals surface area contributed by atoms with Crippen molar-refractivity contribution in [3.63, 3.8) is 0 Å². The number of alkyl halides is 3. The molecular weight excluding hydrogens is 445 g/mol. The van der Waals surface area contributed by atoms with Crippen molar-refractivity contribution >= 4 is 11.8 Å². The van der Waals surface area contributed by atoms with Gasteiger partial charge in [0.2, 0.25) is 0 Å². The Kier molecular flexibility index (Phi) is 8.14. The van der Waals surface area contributed by atoms with E-state index in [4.69, 9.17) is 14.6 Å². The van der Waals surface area contributed by atoms with Gasteiger partial charge >= 0.3 is 12.1 Å². The number of hydrogen-bond donors (Lipinski definition) is 3. The summed E-state index contributed by atoms with van der Waals surface area (Å²) in [5, 5.41) is 29.3. The van der Waals surface area contributed by atoms with E-state index in [1.165, 1.54) is 24.3 Å². The van der Waals surface area contributed by atoms with Crippen LogP contribution < -0.4 is 4.74 Å². The van der Waals surface area contributed by atoms with Gasteiger partial charge in [-0.15, -0.1) is 0 Å². The monoisotopic (exact) mass is 472 g/mol. The van der Waals surface area contributed by atoms with Crippen molar-refractivity contribution in [1.82, 2.24) is 0 Å². The van der Waals surface area contributed by atoms with Gasteiger partial charge in [0.1, 0.15) is 5.75 Å². The number of carbonyl (C=O) groups excluding carboxylic acids is 1. The molecule has 1 aromatic rings. The van der Waals surface area contributed by atoms with E-state index in [0.29, 0.717) is 19.3 Å². The van der Waals surface area contributed by atoms with Gasteiger partial charge in [0.15, 0.2) is 12.4 Å². The van der Waals surface area contributed by atoms with E-state index in [0.717, 1.165) is 12.1 Å². The summed E-state index contributed by atoms with van der Waals surface area (Å²) < 4.78 is 49.0. The molecule has 2 unspecified atom stereocenters. The van der Waals surface area contributed by atoms with Crippen LogP contribution in [0.2, 0.25) is 0 Å². The van der Waals surface area contributed by atoms with Crippen molar-refractivity contribution in [3.05, 3.63) is 42.0 Å². The first-order chi connectivity index (χ1) is 15.5. The van der Waals surface area contributed by atoms with Crippen LogP contribution in [0.5, 0.6) is 5.75 Å². The van der Waals surface area contributed by atoms with Gasteiger partial charge in [-0.25, -0.2) is 0 Å². The molecule has 1 aliphatic carbocycles. The molecule has 1 aromatic carbocycles. The highest BCUT2D eigenvalue weighted by Crippen LogP contribution is 2.42. The maximum Gasteiger partial charge on any atom is 0.416 e. The molecule has 10 heteroatoms. The minimum atomic E-state index is -4.52. The molecule has 3 N–H and O–H groups in total. The number of rotatable bonds is 11. The van der Waals surface area contributed by atoms with Gasteiger partial charge in [0, 0.05) is 18.8 Å². The Labute approximate surface area is 188 Å². The summed E-state index contributed by atoms with van der Waals surface area (Å²) in [6.07, 6.45) is -1.81. The second-order valence-electron chi connectivity index (χ2n) is 8.49. The maximum absolute atomic E-state index is 12.8. The molecule has 1 saturated carbocycles. The number of benzene rings is 1. The predicted octanol–water partition coefficient (Wildman–Crippen LogP) is 2.98. The van der Waals surface area contributed by atoms with Gasteiger partial charge in [0.25, 0.3) is 0 Å². The Balaban J connectivity index is 1.50. The third-order valence-electron chi connectivity index (χ3n) is 6.03. The molecule has 2 fully saturated rings. The van der Waals surface area contributed by atoms with E-state index in [-0.39, 0.29) is 36.7 Å². The van der Waals surface area contributed by atoms with E-state index >= 15 is 0 Å². The van der Waals surface area contributed by atoms with Crippen LogP contribution in [0.25, 0.3) is 0 Å². The first-order valence-electron chi connectivity index (χ1n) is 10.8. The lowest BCUT2D eigenvalue weighted by Crippen LogP contribution is -2.23. The van der Waals surface area contributed by atoms with E-state index in [1.54, 1.807) is 0 Å². The van der Waals surface area contributed by atoms with Crippen molar-refractivity contribution in [2.45, 2.75) is 62.7 Å². The molecule has 3 rings (SSSR count). The lowest BCUT2D eigenvalue weighted by molar-refractivity contribution is -0.138. The summed E-state index contributed by atoms with van der Waals surface area (Å²) in [5.41, 5.74) is -0.877. The number of carboxylic acids is 1. The minimum absolute atomic E-state index is 0.0629. The van der Waals surface area contributed by atoms with Crippen LogP contribution >= 0.6 is 0 Å². The smallest absolute Gasteiger partial charge is 0.416 e. The predicted molar refractivity (Wildman–Crippen MR) is 109 cm³/mol. The molecule has 1 aliphatic heterocycles. The molecule has 182 valence electrons. The first-order valence-corrected chi connectivity index (χ1v) is 10.8. The second-order valence-corrected chi connectivity index (χ2v) is 8.49. The molecule has 0 radical (unpaired) electrons. The number of ketones is 1. The average molecular weight is 472 g/mol. The van der Waals surface area contributed by atoms with Gasteiger partial charge in [-0.2, -0.15) is 13.2 Å². The highest BCUT2D eigenvalue weighted by atomic mass is 19.4. The normalized spacial score (nSPS) is 29.4. The summed E-state index contributed by atoms with van der Waals surface area (Å²) in [5.74, 6) is -2.26. The third-order valence-corrected chi connectivity index (χ3v) is 6.03. The number of aliphatic hydroxyl groups excluding tert-OH is 2. The summed E-state index contributed by atoms with van der Waals surface area (Å²) in [6.45, 7) is -0.467. The molecule has 2 aliphatic rings. The molecule has 1 saturated heterocycles. The summed E-state index contributed by atoms with van der Waals surface area (Å²) >= 11 is 0. The van der Waals surface area contributed by atoms with Gasteiger partial charge in [0.05, 0.1) is 30.0 Å². The van der Waals surface area contributed by atoms with Crippen LogP contribution in [-0.2, 0) is 20.5 Å². The summed E-state index contributed by atoms with van der Waals surface area (Å²) in [7, 11) is 0. The van der Waals surface area contributed by atoms with Crippen LogP contribution in [0.15, 0.2) is 36.4 Å². The van der Waals surface area contributed by atoms with E-state index in [1.807, 2.05) is 0 Å². The third kappa shape index (κ3) is 7.28. The topological polar surface area (TPSA) is 117 Å². The van der Waals surface area contributed by atoms with Crippen LogP contribution in [0.1, 0.15) is 37.7 Å². The number of ether oxygens (including phenoxy) is 2. The van der Waals surface area contributed by atoms with Crippen molar-refractivity contribution < 1.29 is 47.6 Å². The largest absolute Gasteiger partial charge is 0.485 e. The fourth-order valence-corrected chi connectivity index (χ4v) is 4.25. The molecule has 6 atom stereocenters. The van der Waals surface area contributed by atoms with Gasteiger partial charge in [-0.1, -0.05) is 12.1 Å². The van der Waals surface area contributed by atoms with Crippen LogP contribution in [0.3, 0.4) is 0 Å². The Hall–Kier alpha value is -2.43. The average Bonchev–Trinajstić information content (AvgIpc) is 3.42. The maximum atomic E-state index is 12.8. The molecule has 33 heavy (non-hydrogen) atoms. The number of aliphatic hydroxyl groups is 2. The molecule has 0 aromatic heterocycles. The highest BCUT2D eigenvalue weighted by Gasteiger charge is 2.47. The Morgan fingerprint density at radius 3 is 2.64 bits per heavy atom. The van der Waals surface area contributed by atoms with E-state index in [2.05, 4.69) is 0 Å². The number of hydrogen-bond acceptors (Lipinski definition) is 6. The SMILES string of the molecule is O=C(O)CCCC1OC1C[C@@H]1[C@@H](/C=C/C(=O)COc2cccc(C(F)(F)F)c2)[C@H](O)C[C@@H]1O. The zero-order valence-electron chi connectivity index (χ0n) is 17.8. The molecule has 0 spiro atoms. The fraction of sp³-hybridized carbons (Fsp3) is 0.565. The Morgan fingerprint density at radius 1 is 1.18 bits per heavy atom. The molecule has 7 nitrogen and oxygen atoms in total. The van der Waals surface area contributed by atoms with Crippen LogP contribution in [0, 0.1) is 11.8 Å². The standard InChI is InChI=1S/C23H27F3O7/c24-23(25,26)13-3-1-4-15(9-13)32-12-14(27)7-8-16-17(19(29)11-18(16)28)10-21-20(33-21)5-2-6-22(30)31/h1,3-4,7-9,16-21,28-29H,2,5-6,10-12H2,(H,30,31)/b8-7+/t16-,17-,18-,19+,20?,21?/m1/s1. The molecule has 0 bridgehead atoms. The van der Waals surface area contributed by atoms with Crippen molar-refractivity contribution in [2.75, 3.05) is 6.61 Å². The number of epoxide rings is 1. The van der Waals surface area contributed by atoms with Gasteiger partial charge in [-0.05, 0) is 49.5 Å². The number of halogens is 3. The number of carbonyl (C=O) groups is 2. The van der Waals surface area contributed by atoms with Gasteiger partial charge in [-0.3, -0.25) is 9.59 Å². The van der Waals surface area contributed by atoms with E-state index < -0.39 is 48.2 Å². The highest BCUT2D eigenvalue weighted by molar-refractivity contribution is 5.91.